The first-order chi connectivity index (χ1) is 15.3. The molecule has 4 rings (SSSR count). The molecule has 13 heteroatoms. The average Bonchev–Trinajstić information content (AvgIpc) is 3.49. The molecule has 0 radical (unpaired) electrons. The normalized spacial score (nSPS) is 15.1. The van der Waals surface area contributed by atoms with E-state index in [1.165, 1.54) is 33.3 Å². The van der Waals surface area contributed by atoms with Gasteiger partial charge < -0.3 is 9.15 Å². The van der Waals surface area contributed by atoms with Gasteiger partial charge in [0.2, 0.25) is 10.0 Å². The number of carbonyl (C=O) groups excluding carboxylic acids is 1. The van der Waals surface area contributed by atoms with Crippen LogP contribution in [0.25, 0.3) is 11.1 Å². The second-order valence-corrected chi connectivity index (χ2v) is 9.14. The van der Waals surface area contributed by atoms with Gasteiger partial charge in [-0.15, -0.1) is 0 Å². The summed E-state index contributed by atoms with van der Waals surface area (Å²) in [6, 6.07) is 4.14. The number of aryl methyl sites for hydroxylation is 1. The number of carbonyl (C=O) groups is 1. The van der Waals surface area contributed by atoms with Crippen LogP contribution in [-0.2, 0) is 32.7 Å². The molecule has 0 atom stereocenters. The SMILES string of the molecule is O=C(CCn1c(=O)oc2cc(S(=O)(=O)N3CCCC3)ccc21)OCc1nccn1C(F)F. The minimum Gasteiger partial charge on any atom is -0.457 e. The molecule has 1 aromatic carbocycles. The summed E-state index contributed by atoms with van der Waals surface area (Å²) >= 11 is 0. The van der Waals surface area contributed by atoms with Crippen LogP contribution >= 0.6 is 0 Å². The predicted molar refractivity (Wildman–Crippen MR) is 106 cm³/mol. The molecule has 0 aliphatic carbocycles. The molecule has 3 heterocycles. The first-order valence-electron chi connectivity index (χ1n) is 9.86. The summed E-state index contributed by atoms with van der Waals surface area (Å²) in [6.45, 7) is -2.43. The number of nitrogens with zero attached hydrogens (tertiary/aromatic N) is 4. The second-order valence-electron chi connectivity index (χ2n) is 7.20. The zero-order valence-electron chi connectivity index (χ0n) is 16.8. The van der Waals surface area contributed by atoms with Gasteiger partial charge in [-0.2, -0.15) is 13.1 Å². The highest BCUT2D eigenvalue weighted by molar-refractivity contribution is 7.89. The number of oxazole rings is 1. The Bertz CT molecular complexity index is 1290. The summed E-state index contributed by atoms with van der Waals surface area (Å²) < 4.78 is 64.3. The largest absolute Gasteiger partial charge is 0.457 e. The lowest BCUT2D eigenvalue weighted by Gasteiger charge is -2.15. The van der Waals surface area contributed by atoms with Gasteiger partial charge in [-0.25, -0.2) is 18.2 Å². The first-order valence-corrected chi connectivity index (χ1v) is 11.3. The van der Waals surface area contributed by atoms with Crippen molar-refractivity contribution >= 4 is 27.1 Å². The zero-order chi connectivity index (χ0) is 22.9. The Hall–Kier alpha value is -3.06. The Labute approximate surface area is 181 Å². The lowest BCUT2D eigenvalue weighted by atomic mass is 10.3. The summed E-state index contributed by atoms with van der Waals surface area (Å²) in [6.07, 6.45) is 3.62. The van der Waals surface area contributed by atoms with Gasteiger partial charge in [0.1, 0.15) is 6.61 Å². The maximum atomic E-state index is 12.8. The maximum absolute atomic E-state index is 12.8. The van der Waals surface area contributed by atoms with Crippen molar-refractivity contribution in [3.63, 3.8) is 0 Å². The number of fused-ring (bicyclic) bond motifs is 1. The van der Waals surface area contributed by atoms with Gasteiger partial charge in [0.25, 0.3) is 0 Å². The molecule has 1 aliphatic heterocycles. The lowest BCUT2D eigenvalue weighted by molar-refractivity contribution is -0.145. The molecule has 2 aromatic heterocycles. The fraction of sp³-hybridized carbons (Fsp3) is 0.421. The second kappa shape index (κ2) is 8.82. The van der Waals surface area contributed by atoms with Gasteiger partial charge in [-0.05, 0) is 25.0 Å². The molecule has 0 spiro atoms. The van der Waals surface area contributed by atoms with Crippen LogP contribution in [0.5, 0.6) is 0 Å². The number of halogens is 2. The van der Waals surface area contributed by atoms with Gasteiger partial charge in [-0.3, -0.25) is 13.9 Å². The summed E-state index contributed by atoms with van der Waals surface area (Å²) in [5.74, 6) is -1.58. The highest BCUT2D eigenvalue weighted by Gasteiger charge is 2.28. The van der Waals surface area contributed by atoms with Crippen LogP contribution in [0.1, 0.15) is 31.6 Å². The third-order valence-corrected chi connectivity index (χ3v) is 7.10. The molecule has 3 aromatic rings. The number of imidazole rings is 1. The van der Waals surface area contributed by atoms with Crippen LogP contribution in [0.2, 0.25) is 0 Å². The molecule has 1 saturated heterocycles. The highest BCUT2D eigenvalue weighted by Crippen LogP contribution is 2.24. The summed E-state index contributed by atoms with van der Waals surface area (Å²) in [4.78, 5) is 28.0. The number of sulfonamides is 1. The van der Waals surface area contributed by atoms with E-state index in [9.17, 15) is 26.8 Å². The zero-order valence-corrected chi connectivity index (χ0v) is 17.6. The summed E-state index contributed by atoms with van der Waals surface area (Å²) in [7, 11) is -3.67. The Morgan fingerprint density at radius 1 is 1.25 bits per heavy atom. The standard InChI is InChI=1S/C19H20F2N4O6S/c20-18(21)25-10-6-22-16(25)12-30-17(26)5-9-24-14-4-3-13(11-15(14)31-19(24)27)32(28,29)23-7-1-2-8-23/h3-4,6,10-11,18H,1-2,5,7-9,12H2. The Kier molecular flexibility index (Phi) is 6.11. The molecule has 0 bridgehead atoms. The molecule has 0 unspecified atom stereocenters. The van der Waals surface area contributed by atoms with E-state index in [1.807, 2.05) is 0 Å². The number of alkyl halides is 2. The maximum Gasteiger partial charge on any atom is 0.419 e. The summed E-state index contributed by atoms with van der Waals surface area (Å²) in [5, 5.41) is 0. The minimum absolute atomic E-state index is 0.0294. The van der Waals surface area contributed by atoms with Crippen molar-refractivity contribution < 1.29 is 31.1 Å². The highest BCUT2D eigenvalue weighted by atomic mass is 32.2. The van der Waals surface area contributed by atoms with E-state index in [-0.39, 0.29) is 29.3 Å². The molecule has 1 fully saturated rings. The van der Waals surface area contributed by atoms with Gasteiger partial charge in [0, 0.05) is 38.1 Å². The predicted octanol–water partition coefficient (Wildman–Crippen LogP) is 2.10. The Morgan fingerprint density at radius 3 is 2.72 bits per heavy atom. The quantitative estimate of drug-likeness (QED) is 0.463. The Morgan fingerprint density at radius 2 is 2.00 bits per heavy atom. The number of benzene rings is 1. The molecule has 0 saturated carbocycles. The number of rotatable bonds is 8. The lowest BCUT2D eigenvalue weighted by Crippen LogP contribution is -2.27. The molecule has 172 valence electrons. The van der Waals surface area contributed by atoms with Crippen LogP contribution in [0.4, 0.5) is 8.78 Å². The molecule has 32 heavy (non-hydrogen) atoms. The van der Waals surface area contributed by atoms with Crippen LogP contribution < -0.4 is 5.76 Å². The van der Waals surface area contributed by atoms with Crippen molar-refractivity contribution in [3.05, 3.63) is 47.0 Å². The first kappa shape index (κ1) is 22.1. The molecular weight excluding hydrogens is 450 g/mol. The van der Waals surface area contributed by atoms with Crippen molar-refractivity contribution in [2.24, 2.45) is 0 Å². The smallest absolute Gasteiger partial charge is 0.419 e. The van der Waals surface area contributed by atoms with E-state index in [2.05, 4.69) is 4.98 Å². The van der Waals surface area contributed by atoms with Crippen molar-refractivity contribution in [2.75, 3.05) is 13.1 Å². The third-order valence-electron chi connectivity index (χ3n) is 5.20. The van der Waals surface area contributed by atoms with E-state index >= 15 is 0 Å². The van der Waals surface area contributed by atoms with E-state index in [0.717, 1.165) is 19.0 Å². The number of hydrogen-bond acceptors (Lipinski definition) is 7. The fourth-order valence-corrected chi connectivity index (χ4v) is 5.08. The number of esters is 1. The average molecular weight is 470 g/mol. The molecular formula is C19H20F2N4O6S. The monoisotopic (exact) mass is 470 g/mol. The summed E-state index contributed by atoms with van der Waals surface area (Å²) in [5.41, 5.74) is 0.416. The van der Waals surface area contributed by atoms with Crippen molar-refractivity contribution in [3.8, 4) is 0 Å². The van der Waals surface area contributed by atoms with Crippen LogP contribution in [0, 0.1) is 0 Å². The number of hydrogen-bond donors (Lipinski definition) is 0. The molecule has 1 aliphatic rings. The van der Waals surface area contributed by atoms with Gasteiger partial charge >= 0.3 is 18.3 Å². The van der Waals surface area contributed by atoms with Gasteiger partial charge in [0.05, 0.1) is 16.8 Å². The van der Waals surface area contributed by atoms with Crippen molar-refractivity contribution in [1.29, 1.82) is 0 Å². The van der Waals surface area contributed by atoms with E-state index < -0.39 is 34.9 Å². The van der Waals surface area contributed by atoms with E-state index in [0.29, 0.717) is 23.2 Å². The molecule has 0 amide bonds. The van der Waals surface area contributed by atoms with E-state index in [4.69, 9.17) is 9.15 Å². The van der Waals surface area contributed by atoms with Crippen LogP contribution in [-0.4, -0.2) is 45.9 Å². The molecule has 10 nitrogen and oxygen atoms in total. The van der Waals surface area contributed by atoms with E-state index in [1.54, 1.807) is 0 Å². The fourth-order valence-electron chi connectivity index (χ4n) is 3.55. The van der Waals surface area contributed by atoms with Gasteiger partial charge in [-0.1, -0.05) is 0 Å². The Balaban J connectivity index is 1.44. The minimum atomic E-state index is -3.67. The topological polar surface area (TPSA) is 117 Å². The van der Waals surface area contributed by atoms with Crippen molar-refractivity contribution in [2.45, 2.75) is 43.9 Å². The molecule has 0 N–H and O–H groups in total. The van der Waals surface area contributed by atoms with Gasteiger partial charge in [0.15, 0.2) is 11.4 Å². The third kappa shape index (κ3) is 4.30. The van der Waals surface area contributed by atoms with Crippen LogP contribution in [0.3, 0.4) is 0 Å². The number of aromatic nitrogens is 3. The number of ether oxygens (including phenoxy) is 1. The van der Waals surface area contributed by atoms with Crippen molar-refractivity contribution in [1.82, 2.24) is 18.4 Å². The van der Waals surface area contributed by atoms with Crippen LogP contribution in [0.15, 0.2) is 44.7 Å².